The van der Waals surface area contributed by atoms with E-state index in [4.69, 9.17) is 0 Å². The minimum absolute atomic E-state index is 0.0573. The lowest BCUT2D eigenvalue weighted by molar-refractivity contribution is -0.138. The van der Waals surface area contributed by atoms with E-state index >= 15 is 0 Å². The van der Waals surface area contributed by atoms with Crippen LogP contribution in [0.1, 0.15) is 46.0 Å². The van der Waals surface area contributed by atoms with Crippen LogP contribution in [0.3, 0.4) is 0 Å². The van der Waals surface area contributed by atoms with Crippen molar-refractivity contribution in [2.75, 3.05) is 12.8 Å². The summed E-state index contributed by atoms with van der Waals surface area (Å²) >= 11 is 1.94. The molecule has 1 amide bonds. The number of nitrogens with zero attached hydrogens (tertiary/aromatic N) is 1. The Morgan fingerprint density at radius 1 is 1.28 bits per heavy atom. The summed E-state index contributed by atoms with van der Waals surface area (Å²) in [6.07, 6.45) is 8.09. The molecule has 0 spiro atoms. The van der Waals surface area contributed by atoms with Crippen molar-refractivity contribution >= 4 is 17.7 Å². The van der Waals surface area contributed by atoms with Gasteiger partial charge in [-0.2, -0.15) is 11.8 Å². The third kappa shape index (κ3) is 3.02. The molecular formula is C14H26N2OS. The molecule has 0 aromatic heterocycles. The van der Waals surface area contributed by atoms with Crippen LogP contribution in [0.5, 0.6) is 0 Å². The highest BCUT2D eigenvalue weighted by molar-refractivity contribution is 7.99. The predicted molar refractivity (Wildman–Crippen MR) is 77.9 cm³/mol. The summed E-state index contributed by atoms with van der Waals surface area (Å²) in [5.41, 5.74) is 0. The highest BCUT2D eigenvalue weighted by atomic mass is 32.2. The van der Waals surface area contributed by atoms with E-state index < -0.39 is 0 Å². The van der Waals surface area contributed by atoms with E-state index in [1.807, 2.05) is 11.8 Å². The number of thioether (sulfide) groups is 1. The fourth-order valence-corrected chi connectivity index (χ4v) is 4.32. The fourth-order valence-electron chi connectivity index (χ4n) is 3.32. The number of carbonyl (C=O) groups excluding carboxylic acids is 1. The molecule has 104 valence electrons. The summed E-state index contributed by atoms with van der Waals surface area (Å²) in [6.45, 7) is 5.20. The Hall–Kier alpha value is -0.220. The summed E-state index contributed by atoms with van der Waals surface area (Å²) in [6, 6.07) is 0.935. The van der Waals surface area contributed by atoms with Gasteiger partial charge in [0.15, 0.2) is 0 Å². The lowest BCUT2D eigenvalue weighted by atomic mass is 10.0. The maximum atomic E-state index is 12.6. The van der Waals surface area contributed by atoms with E-state index in [1.54, 1.807) is 0 Å². The molecule has 1 aliphatic heterocycles. The zero-order valence-corrected chi connectivity index (χ0v) is 12.6. The Kier molecular flexibility index (Phi) is 4.96. The Balaban J connectivity index is 2.01. The predicted octanol–water partition coefficient (Wildman–Crippen LogP) is 2.26. The normalized spacial score (nSPS) is 33.4. The number of piperidine rings is 1. The summed E-state index contributed by atoms with van der Waals surface area (Å²) in [4.78, 5) is 14.7. The van der Waals surface area contributed by atoms with E-state index in [9.17, 15) is 4.79 Å². The smallest absolute Gasteiger partial charge is 0.240 e. The van der Waals surface area contributed by atoms with Crippen LogP contribution < -0.4 is 5.32 Å². The molecule has 0 aromatic rings. The molecule has 1 saturated carbocycles. The van der Waals surface area contributed by atoms with Gasteiger partial charge >= 0.3 is 0 Å². The molecule has 0 aromatic carbocycles. The minimum Gasteiger partial charge on any atom is -0.337 e. The van der Waals surface area contributed by atoms with Gasteiger partial charge in [0.05, 0.1) is 6.04 Å². The standard InChI is InChI=1S/C14H26N2OS/c1-10(2)15-11-6-5-9-16(14(11)17)12-7-4-8-13(12)18-3/h10-13,15H,4-9H2,1-3H3. The van der Waals surface area contributed by atoms with Gasteiger partial charge in [-0.05, 0) is 31.9 Å². The second-order valence-corrected chi connectivity index (χ2v) is 6.90. The van der Waals surface area contributed by atoms with Gasteiger partial charge < -0.3 is 10.2 Å². The highest BCUT2D eigenvalue weighted by Crippen LogP contribution is 2.33. The second kappa shape index (κ2) is 6.29. The van der Waals surface area contributed by atoms with Crippen LogP contribution in [-0.4, -0.2) is 47.0 Å². The summed E-state index contributed by atoms with van der Waals surface area (Å²) in [5, 5.41) is 4.08. The molecular weight excluding hydrogens is 244 g/mol. The maximum absolute atomic E-state index is 12.6. The van der Waals surface area contributed by atoms with E-state index in [0.29, 0.717) is 23.2 Å². The number of nitrogens with one attached hydrogen (secondary N) is 1. The van der Waals surface area contributed by atoms with Crippen molar-refractivity contribution in [1.29, 1.82) is 0 Å². The van der Waals surface area contributed by atoms with E-state index in [1.165, 1.54) is 19.3 Å². The molecule has 4 heteroatoms. The fraction of sp³-hybridized carbons (Fsp3) is 0.929. The lowest BCUT2D eigenvalue weighted by Crippen LogP contribution is -2.56. The van der Waals surface area contributed by atoms with Crippen LogP contribution in [0.15, 0.2) is 0 Å². The van der Waals surface area contributed by atoms with Crippen molar-refractivity contribution in [3.8, 4) is 0 Å². The minimum atomic E-state index is 0.0573. The summed E-state index contributed by atoms with van der Waals surface area (Å²) in [5.74, 6) is 0.348. The van der Waals surface area contributed by atoms with Crippen LogP contribution in [-0.2, 0) is 4.79 Å². The molecule has 0 radical (unpaired) electrons. The Morgan fingerprint density at radius 3 is 2.72 bits per heavy atom. The highest BCUT2D eigenvalue weighted by Gasteiger charge is 2.38. The Labute approximate surface area is 115 Å². The molecule has 2 fully saturated rings. The monoisotopic (exact) mass is 270 g/mol. The average molecular weight is 270 g/mol. The number of likely N-dealkylation sites (tertiary alicyclic amines) is 1. The molecule has 1 heterocycles. The topological polar surface area (TPSA) is 32.3 Å². The lowest BCUT2D eigenvalue weighted by Gasteiger charge is -2.39. The third-order valence-electron chi connectivity index (χ3n) is 4.13. The van der Waals surface area contributed by atoms with E-state index in [2.05, 4.69) is 30.3 Å². The first-order valence-corrected chi connectivity index (χ1v) is 8.51. The van der Waals surface area contributed by atoms with Crippen LogP contribution in [0.4, 0.5) is 0 Å². The first kappa shape index (κ1) is 14.2. The van der Waals surface area contributed by atoms with Crippen molar-refractivity contribution < 1.29 is 4.79 Å². The molecule has 1 saturated heterocycles. The SMILES string of the molecule is CSC1CCCC1N1CCCC(NC(C)C)C1=O. The van der Waals surface area contributed by atoms with Gasteiger partial charge in [-0.1, -0.05) is 20.3 Å². The summed E-state index contributed by atoms with van der Waals surface area (Å²) in [7, 11) is 0. The number of rotatable bonds is 4. The number of amides is 1. The van der Waals surface area contributed by atoms with Gasteiger partial charge in [0.1, 0.15) is 0 Å². The number of carbonyl (C=O) groups is 1. The van der Waals surface area contributed by atoms with Crippen LogP contribution in [0.2, 0.25) is 0 Å². The largest absolute Gasteiger partial charge is 0.337 e. The molecule has 2 aliphatic rings. The first-order chi connectivity index (χ1) is 8.63. The van der Waals surface area contributed by atoms with Gasteiger partial charge in [-0.3, -0.25) is 4.79 Å². The van der Waals surface area contributed by atoms with Crippen molar-refractivity contribution in [2.45, 2.75) is 69.3 Å². The summed E-state index contributed by atoms with van der Waals surface area (Å²) < 4.78 is 0. The zero-order valence-electron chi connectivity index (χ0n) is 11.8. The van der Waals surface area contributed by atoms with Crippen molar-refractivity contribution in [2.24, 2.45) is 0 Å². The van der Waals surface area contributed by atoms with Crippen LogP contribution in [0.25, 0.3) is 0 Å². The van der Waals surface area contributed by atoms with E-state index in [-0.39, 0.29) is 6.04 Å². The first-order valence-electron chi connectivity index (χ1n) is 7.22. The Morgan fingerprint density at radius 2 is 2.06 bits per heavy atom. The third-order valence-corrected chi connectivity index (χ3v) is 5.28. The number of hydrogen-bond donors (Lipinski definition) is 1. The molecule has 1 N–H and O–H groups in total. The van der Waals surface area contributed by atoms with Crippen LogP contribution in [0, 0.1) is 0 Å². The molecule has 2 rings (SSSR count). The van der Waals surface area contributed by atoms with Gasteiger partial charge in [-0.15, -0.1) is 0 Å². The molecule has 0 bridgehead atoms. The molecule has 18 heavy (non-hydrogen) atoms. The van der Waals surface area contributed by atoms with Gasteiger partial charge in [0.25, 0.3) is 0 Å². The van der Waals surface area contributed by atoms with Crippen molar-refractivity contribution in [3.05, 3.63) is 0 Å². The van der Waals surface area contributed by atoms with Crippen molar-refractivity contribution in [3.63, 3.8) is 0 Å². The zero-order chi connectivity index (χ0) is 13.1. The molecule has 1 aliphatic carbocycles. The molecule has 3 atom stereocenters. The van der Waals surface area contributed by atoms with Crippen LogP contribution >= 0.6 is 11.8 Å². The van der Waals surface area contributed by atoms with Gasteiger partial charge in [0, 0.05) is 23.9 Å². The molecule has 3 nitrogen and oxygen atoms in total. The quantitative estimate of drug-likeness (QED) is 0.850. The van der Waals surface area contributed by atoms with Gasteiger partial charge in [-0.25, -0.2) is 0 Å². The number of hydrogen-bond acceptors (Lipinski definition) is 3. The van der Waals surface area contributed by atoms with Crippen molar-refractivity contribution in [1.82, 2.24) is 10.2 Å². The van der Waals surface area contributed by atoms with Gasteiger partial charge in [0.2, 0.25) is 5.91 Å². The maximum Gasteiger partial charge on any atom is 0.240 e. The molecule has 3 unspecified atom stereocenters. The Bertz CT molecular complexity index is 296. The average Bonchev–Trinajstić information content (AvgIpc) is 2.79. The second-order valence-electron chi connectivity index (χ2n) is 5.82. The van der Waals surface area contributed by atoms with E-state index in [0.717, 1.165) is 19.4 Å².